The molecule has 0 aliphatic carbocycles. The van der Waals surface area contributed by atoms with Gasteiger partial charge in [-0.3, -0.25) is 4.99 Å². The van der Waals surface area contributed by atoms with E-state index in [4.69, 9.17) is 16.3 Å². The molecule has 0 atom stereocenters. The fourth-order valence-corrected chi connectivity index (χ4v) is 4.58. The Morgan fingerprint density at radius 2 is 1.96 bits per heavy atom. The maximum absolute atomic E-state index is 12.0. The molecule has 0 unspecified atom stereocenters. The van der Waals surface area contributed by atoms with Crippen LogP contribution in [0.2, 0.25) is 5.02 Å². The van der Waals surface area contributed by atoms with Crippen LogP contribution in [-0.4, -0.2) is 48.2 Å². The average Bonchev–Trinajstić information content (AvgIpc) is 3.20. The highest BCUT2D eigenvalue weighted by Gasteiger charge is 2.13. The van der Waals surface area contributed by atoms with E-state index in [2.05, 4.69) is 20.3 Å². The molecule has 1 heterocycles. The third kappa shape index (κ3) is 7.74. The zero-order valence-electron chi connectivity index (χ0n) is 15.6. The van der Waals surface area contributed by atoms with Gasteiger partial charge in [-0.25, -0.2) is 13.1 Å². The quantitative estimate of drug-likeness (QED) is 0.191. The van der Waals surface area contributed by atoms with Gasteiger partial charge in [-0.1, -0.05) is 23.7 Å². The highest BCUT2D eigenvalue weighted by Crippen LogP contribution is 2.22. The standard InChI is InChI=1S/C17H23ClN4O3S2.HI/c1-19-17(20-8-7-13-5-6-14(25-2)12-15(13)18)21-9-10-22-27(23,24)16-4-3-11-26-16;/h3-6,11-12,22H,7-10H2,1-2H3,(H2,19,20,21);1H. The summed E-state index contributed by atoms with van der Waals surface area (Å²) < 4.78 is 32.0. The SMILES string of the molecule is CN=C(NCCNS(=O)(=O)c1cccs1)NCCc1ccc(OC)cc1Cl.I. The Labute approximate surface area is 192 Å². The molecule has 0 saturated carbocycles. The third-order valence-electron chi connectivity index (χ3n) is 3.64. The van der Waals surface area contributed by atoms with E-state index in [0.717, 1.165) is 11.3 Å². The van der Waals surface area contributed by atoms with Gasteiger partial charge in [0.15, 0.2) is 5.96 Å². The summed E-state index contributed by atoms with van der Waals surface area (Å²) in [7, 11) is -0.183. The second-order valence-corrected chi connectivity index (χ2v) is 8.81. The van der Waals surface area contributed by atoms with Crippen molar-refractivity contribution in [2.24, 2.45) is 4.99 Å². The van der Waals surface area contributed by atoms with Crippen molar-refractivity contribution in [1.29, 1.82) is 0 Å². The number of nitrogens with one attached hydrogen (secondary N) is 3. The number of thiophene rings is 1. The van der Waals surface area contributed by atoms with Gasteiger partial charge in [0.1, 0.15) is 9.96 Å². The predicted octanol–water partition coefficient (Wildman–Crippen LogP) is 2.71. The molecular weight excluding hydrogens is 535 g/mol. The molecule has 0 amide bonds. The zero-order chi connectivity index (χ0) is 19.7. The monoisotopic (exact) mass is 558 g/mol. The molecule has 156 valence electrons. The normalized spacial score (nSPS) is 11.6. The first-order valence-electron chi connectivity index (χ1n) is 8.26. The average molecular weight is 559 g/mol. The van der Waals surface area contributed by atoms with E-state index in [1.54, 1.807) is 37.7 Å². The minimum absolute atomic E-state index is 0. The van der Waals surface area contributed by atoms with E-state index < -0.39 is 10.0 Å². The van der Waals surface area contributed by atoms with E-state index >= 15 is 0 Å². The van der Waals surface area contributed by atoms with Crippen molar-refractivity contribution in [3.8, 4) is 5.75 Å². The van der Waals surface area contributed by atoms with Crippen molar-refractivity contribution < 1.29 is 13.2 Å². The summed E-state index contributed by atoms with van der Waals surface area (Å²) in [6.45, 7) is 1.30. The Balaban J connectivity index is 0.00000392. The number of nitrogens with zero attached hydrogens (tertiary/aromatic N) is 1. The van der Waals surface area contributed by atoms with Crippen molar-refractivity contribution >= 4 is 62.9 Å². The fraction of sp³-hybridized carbons (Fsp3) is 0.353. The van der Waals surface area contributed by atoms with Gasteiger partial charge in [0, 0.05) is 31.7 Å². The molecular formula is C17H24ClIN4O3S2. The number of hydrogen-bond donors (Lipinski definition) is 3. The van der Waals surface area contributed by atoms with Crippen LogP contribution in [0.1, 0.15) is 5.56 Å². The third-order valence-corrected chi connectivity index (χ3v) is 6.85. The van der Waals surface area contributed by atoms with Crippen LogP contribution < -0.4 is 20.1 Å². The van der Waals surface area contributed by atoms with E-state index in [1.165, 1.54) is 11.3 Å². The summed E-state index contributed by atoms with van der Waals surface area (Å²) in [5.41, 5.74) is 1.00. The van der Waals surface area contributed by atoms with Gasteiger partial charge in [0.25, 0.3) is 0 Å². The highest BCUT2D eigenvalue weighted by atomic mass is 127. The lowest BCUT2D eigenvalue weighted by atomic mass is 10.1. The first kappa shape index (κ1) is 25.0. The van der Waals surface area contributed by atoms with Gasteiger partial charge in [-0.05, 0) is 35.6 Å². The number of halogens is 2. The van der Waals surface area contributed by atoms with Crippen LogP contribution in [-0.2, 0) is 16.4 Å². The molecule has 0 saturated heterocycles. The van der Waals surface area contributed by atoms with Gasteiger partial charge in [-0.15, -0.1) is 35.3 Å². The van der Waals surface area contributed by atoms with Gasteiger partial charge in [-0.2, -0.15) is 0 Å². The van der Waals surface area contributed by atoms with Gasteiger partial charge < -0.3 is 15.4 Å². The number of sulfonamides is 1. The van der Waals surface area contributed by atoms with Crippen LogP contribution in [0.15, 0.2) is 44.9 Å². The number of benzene rings is 1. The first-order chi connectivity index (χ1) is 13.0. The lowest BCUT2D eigenvalue weighted by Gasteiger charge is -2.13. The molecule has 7 nitrogen and oxygen atoms in total. The van der Waals surface area contributed by atoms with Crippen molar-refractivity contribution in [3.63, 3.8) is 0 Å². The van der Waals surface area contributed by atoms with Crippen LogP contribution in [0.25, 0.3) is 0 Å². The van der Waals surface area contributed by atoms with Crippen molar-refractivity contribution in [2.45, 2.75) is 10.6 Å². The van der Waals surface area contributed by atoms with Crippen LogP contribution in [0, 0.1) is 0 Å². The molecule has 0 bridgehead atoms. The summed E-state index contributed by atoms with van der Waals surface area (Å²) in [5.74, 6) is 1.31. The largest absolute Gasteiger partial charge is 0.497 e. The first-order valence-corrected chi connectivity index (χ1v) is 11.0. The fourth-order valence-electron chi connectivity index (χ4n) is 2.25. The van der Waals surface area contributed by atoms with Crippen LogP contribution in [0.4, 0.5) is 0 Å². The number of aliphatic imine (C=N–C) groups is 1. The molecule has 0 aliphatic heterocycles. The lowest BCUT2D eigenvalue weighted by Crippen LogP contribution is -2.42. The number of methoxy groups -OCH3 is 1. The summed E-state index contributed by atoms with van der Waals surface area (Å²) in [5, 5.41) is 8.63. The Kier molecular flexibility index (Phi) is 11.1. The molecule has 0 radical (unpaired) electrons. The molecule has 0 spiro atoms. The van der Waals surface area contributed by atoms with E-state index in [0.29, 0.717) is 34.7 Å². The molecule has 1 aromatic carbocycles. The van der Waals surface area contributed by atoms with Crippen molar-refractivity contribution in [2.75, 3.05) is 33.8 Å². The van der Waals surface area contributed by atoms with Crippen LogP contribution in [0.5, 0.6) is 5.75 Å². The van der Waals surface area contributed by atoms with E-state index in [1.807, 2.05) is 12.1 Å². The summed E-state index contributed by atoms with van der Waals surface area (Å²) in [6, 6.07) is 8.86. The molecule has 0 aliphatic rings. The molecule has 28 heavy (non-hydrogen) atoms. The van der Waals surface area contributed by atoms with Crippen LogP contribution >= 0.6 is 46.9 Å². The Morgan fingerprint density at radius 3 is 2.57 bits per heavy atom. The molecule has 1 aromatic heterocycles. The number of hydrogen-bond acceptors (Lipinski definition) is 5. The van der Waals surface area contributed by atoms with Gasteiger partial charge in [0.2, 0.25) is 10.0 Å². The van der Waals surface area contributed by atoms with Gasteiger partial charge in [0.05, 0.1) is 7.11 Å². The molecule has 0 fully saturated rings. The van der Waals surface area contributed by atoms with Gasteiger partial charge >= 0.3 is 0 Å². The second kappa shape index (κ2) is 12.5. The van der Waals surface area contributed by atoms with E-state index in [9.17, 15) is 8.42 Å². The predicted molar refractivity (Wildman–Crippen MR) is 126 cm³/mol. The Hall–Kier alpha value is -1.08. The minimum Gasteiger partial charge on any atom is -0.497 e. The molecule has 2 aromatic rings. The smallest absolute Gasteiger partial charge is 0.250 e. The molecule has 11 heteroatoms. The maximum atomic E-state index is 12.0. The summed E-state index contributed by atoms with van der Waals surface area (Å²) >= 11 is 7.41. The van der Waals surface area contributed by atoms with Crippen molar-refractivity contribution in [3.05, 3.63) is 46.3 Å². The molecule has 3 N–H and O–H groups in total. The number of guanidine groups is 1. The molecule has 2 rings (SSSR count). The van der Waals surface area contributed by atoms with E-state index in [-0.39, 0.29) is 30.5 Å². The Morgan fingerprint density at radius 1 is 1.21 bits per heavy atom. The lowest BCUT2D eigenvalue weighted by molar-refractivity contribution is 0.414. The highest BCUT2D eigenvalue weighted by molar-refractivity contribution is 14.0. The minimum atomic E-state index is -3.44. The number of ether oxygens (including phenoxy) is 1. The van der Waals surface area contributed by atoms with Crippen molar-refractivity contribution in [1.82, 2.24) is 15.4 Å². The summed E-state index contributed by atoms with van der Waals surface area (Å²) in [6.07, 6.45) is 0.717. The zero-order valence-corrected chi connectivity index (χ0v) is 20.3. The maximum Gasteiger partial charge on any atom is 0.250 e. The van der Waals surface area contributed by atoms with Crippen LogP contribution in [0.3, 0.4) is 0 Å². The number of rotatable bonds is 9. The topological polar surface area (TPSA) is 91.8 Å². The Bertz CT molecular complexity index is 861. The summed E-state index contributed by atoms with van der Waals surface area (Å²) in [4.78, 5) is 4.12. The second-order valence-electron chi connectivity index (χ2n) is 5.46.